The standard InChI is InChI=1S/C21H25N3O3S/c1-13-22-19(15-5-3-2-4-6-15)20(28-13)21(27)23-16-9-17(10-16)24(12-18(25)26)11-14-7-8-14/h2-6,14,16-17H,7-12H2,1H3,(H,23,27)(H,25,26). The van der Waals surface area contributed by atoms with E-state index in [2.05, 4.69) is 15.2 Å². The van der Waals surface area contributed by atoms with Gasteiger partial charge in [-0.25, -0.2) is 4.98 Å². The maximum Gasteiger partial charge on any atom is 0.317 e. The number of nitrogens with zero attached hydrogens (tertiary/aromatic N) is 2. The van der Waals surface area contributed by atoms with Gasteiger partial charge in [-0.3, -0.25) is 14.5 Å². The summed E-state index contributed by atoms with van der Waals surface area (Å²) in [7, 11) is 0. The lowest BCUT2D eigenvalue weighted by atomic mass is 9.85. The summed E-state index contributed by atoms with van der Waals surface area (Å²) in [6.07, 6.45) is 4.03. The van der Waals surface area contributed by atoms with Crippen LogP contribution in [0.15, 0.2) is 30.3 Å². The van der Waals surface area contributed by atoms with Crippen LogP contribution in [-0.4, -0.2) is 52.0 Å². The van der Waals surface area contributed by atoms with Crippen molar-refractivity contribution in [1.29, 1.82) is 0 Å². The third-order valence-electron chi connectivity index (χ3n) is 5.48. The van der Waals surface area contributed by atoms with Crippen LogP contribution in [-0.2, 0) is 4.79 Å². The lowest BCUT2D eigenvalue weighted by molar-refractivity contribution is -0.139. The fraction of sp³-hybridized carbons (Fsp3) is 0.476. The summed E-state index contributed by atoms with van der Waals surface area (Å²) in [5.41, 5.74) is 1.68. The van der Waals surface area contributed by atoms with Crippen molar-refractivity contribution in [3.8, 4) is 11.3 Å². The smallest absolute Gasteiger partial charge is 0.317 e. The normalized spacial score (nSPS) is 21.4. The van der Waals surface area contributed by atoms with Crippen molar-refractivity contribution in [2.45, 2.75) is 44.7 Å². The van der Waals surface area contributed by atoms with E-state index in [1.165, 1.54) is 24.2 Å². The molecule has 2 aromatic rings. The lowest BCUT2D eigenvalue weighted by Crippen LogP contribution is -2.55. The molecule has 2 saturated carbocycles. The van der Waals surface area contributed by atoms with Crippen molar-refractivity contribution in [3.05, 3.63) is 40.2 Å². The second kappa shape index (κ2) is 8.01. The number of nitrogens with one attached hydrogen (secondary N) is 1. The molecule has 4 rings (SSSR count). The van der Waals surface area contributed by atoms with Crippen LogP contribution < -0.4 is 5.32 Å². The second-order valence-corrected chi connectivity index (χ2v) is 9.04. The molecule has 0 spiro atoms. The molecule has 6 nitrogen and oxygen atoms in total. The van der Waals surface area contributed by atoms with Crippen LogP contribution in [0.4, 0.5) is 0 Å². The van der Waals surface area contributed by atoms with Gasteiger partial charge >= 0.3 is 5.97 Å². The number of amides is 1. The van der Waals surface area contributed by atoms with Crippen molar-refractivity contribution in [2.24, 2.45) is 5.92 Å². The van der Waals surface area contributed by atoms with Gasteiger partial charge in [0.1, 0.15) is 4.88 Å². The van der Waals surface area contributed by atoms with Crippen molar-refractivity contribution < 1.29 is 14.7 Å². The second-order valence-electron chi connectivity index (χ2n) is 7.84. The average molecular weight is 400 g/mol. The minimum atomic E-state index is -0.777. The minimum absolute atomic E-state index is 0.0834. The van der Waals surface area contributed by atoms with Crippen LogP contribution in [0.2, 0.25) is 0 Å². The van der Waals surface area contributed by atoms with Gasteiger partial charge in [0.2, 0.25) is 0 Å². The van der Waals surface area contributed by atoms with Crippen molar-refractivity contribution in [2.75, 3.05) is 13.1 Å². The summed E-state index contributed by atoms with van der Waals surface area (Å²) in [5.74, 6) is -0.206. The Labute approximate surface area is 168 Å². The summed E-state index contributed by atoms with van der Waals surface area (Å²) >= 11 is 1.41. The quantitative estimate of drug-likeness (QED) is 0.712. The lowest BCUT2D eigenvalue weighted by Gasteiger charge is -2.42. The Bertz CT molecular complexity index is 857. The maximum absolute atomic E-state index is 12.8. The van der Waals surface area contributed by atoms with E-state index in [1.807, 2.05) is 37.3 Å². The van der Waals surface area contributed by atoms with E-state index in [9.17, 15) is 9.59 Å². The molecule has 7 heteroatoms. The highest BCUT2D eigenvalue weighted by atomic mass is 32.1. The number of hydrogen-bond acceptors (Lipinski definition) is 5. The van der Waals surface area contributed by atoms with Crippen molar-refractivity contribution in [3.63, 3.8) is 0 Å². The number of hydrogen-bond donors (Lipinski definition) is 2. The highest BCUT2D eigenvalue weighted by Crippen LogP contribution is 2.34. The number of carboxylic acid groups (broad SMARTS) is 1. The topological polar surface area (TPSA) is 82.5 Å². The van der Waals surface area contributed by atoms with Gasteiger partial charge in [0, 0.05) is 24.2 Å². The van der Waals surface area contributed by atoms with Gasteiger partial charge in [-0.1, -0.05) is 30.3 Å². The predicted octanol–water partition coefficient (Wildman–Crippen LogP) is 3.18. The van der Waals surface area contributed by atoms with Crippen LogP contribution in [0.3, 0.4) is 0 Å². The molecular weight excluding hydrogens is 374 g/mol. The molecule has 0 radical (unpaired) electrons. The van der Waals surface area contributed by atoms with E-state index in [0.717, 1.165) is 35.7 Å². The van der Waals surface area contributed by atoms with Crippen LogP contribution in [0.5, 0.6) is 0 Å². The number of benzene rings is 1. The molecule has 2 N–H and O–H groups in total. The minimum Gasteiger partial charge on any atom is -0.480 e. The van der Waals surface area contributed by atoms with Crippen LogP contribution >= 0.6 is 11.3 Å². The molecule has 0 aliphatic heterocycles. The van der Waals surface area contributed by atoms with Gasteiger partial charge in [0.05, 0.1) is 17.2 Å². The van der Waals surface area contributed by atoms with Gasteiger partial charge in [0.25, 0.3) is 5.91 Å². The zero-order valence-electron chi connectivity index (χ0n) is 15.9. The molecule has 0 bridgehead atoms. The summed E-state index contributed by atoms with van der Waals surface area (Å²) in [4.78, 5) is 31.3. The molecule has 0 saturated heterocycles. The predicted molar refractivity (Wildman–Crippen MR) is 108 cm³/mol. The number of carbonyl (C=O) groups is 2. The molecule has 1 amide bonds. The van der Waals surface area contributed by atoms with Crippen molar-refractivity contribution in [1.82, 2.24) is 15.2 Å². The number of aliphatic carboxylic acids is 1. The third kappa shape index (κ3) is 4.42. The van der Waals surface area contributed by atoms with Crippen LogP contribution in [0, 0.1) is 12.8 Å². The zero-order chi connectivity index (χ0) is 19.7. The number of carbonyl (C=O) groups excluding carboxylic acids is 1. The summed E-state index contributed by atoms with van der Waals surface area (Å²) in [6, 6.07) is 10.1. The Morgan fingerprint density at radius 2 is 1.96 bits per heavy atom. The van der Waals surface area contributed by atoms with E-state index in [4.69, 9.17) is 5.11 Å². The molecule has 2 fully saturated rings. The number of aryl methyl sites for hydroxylation is 1. The van der Waals surface area contributed by atoms with Crippen LogP contribution in [0.1, 0.15) is 40.4 Å². The summed E-state index contributed by atoms with van der Waals surface area (Å²) in [5, 5.41) is 13.2. The molecule has 148 valence electrons. The van der Waals surface area contributed by atoms with Gasteiger partial charge in [-0.05, 0) is 38.5 Å². The van der Waals surface area contributed by atoms with Gasteiger partial charge < -0.3 is 10.4 Å². The van der Waals surface area contributed by atoms with E-state index < -0.39 is 5.97 Å². The Morgan fingerprint density at radius 3 is 2.61 bits per heavy atom. The zero-order valence-corrected chi connectivity index (χ0v) is 16.7. The molecule has 2 aliphatic rings. The summed E-state index contributed by atoms with van der Waals surface area (Å²) in [6.45, 7) is 2.87. The molecule has 28 heavy (non-hydrogen) atoms. The number of rotatable bonds is 8. The van der Waals surface area contributed by atoms with E-state index in [0.29, 0.717) is 10.8 Å². The molecule has 2 aliphatic carbocycles. The first-order valence-electron chi connectivity index (χ1n) is 9.79. The SMILES string of the molecule is Cc1nc(-c2ccccc2)c(C(=O)NC2CC(N(CC(=O)O)CC3CC3)C2)s1. The highest BCUT2D eigenvalue weighted by molar-refractivity contribution is 7.14. The Kier molecular flexibility index (Phi) is 5.46. The molecule has 1 aromatic heterocycles. The Morgan fingerprint density at radius 1 is 1.25 bits per heavy atom. The van der Waals surface area contributed by atoms with Gasteiger partial charge in [-0.15, -0.1) is 11.3 Å². The number of thiazole rings is 1. The maximum atomic E-state index is 12.8. The fourth-order valence-corrected chi connectivity index (χ4v) is 4.62. The van der Waals surface area contributed by atoms with Crippen molar-refractivity contribution >= 4 is 23.2 Å². The van der Waals surface area contributed by atoms with Gasteiger partial charge in [0.15, 0.2) is 0 Å². The third-order valence-corrected chi connectivity index (χ3v) is 6.45. The first-order valence-corrected chi connectivity index (χ1v) is 10.6. The number of carboxylic acids is 1. The molecule has 1 heterocycles. The molecule has 0 atom stereocenters. The fourth-order valence-electron chi connectivity index (χ4n) is 3.78. The monoisotopic (exact) mass is 399 g/mol. The summed E-state index contributed by atoms with van der Waals surface area (Å²) < 4.78 is 0. The molecule has 1 aromatic carbocycles. The van der Waals surface area contributed by atoms with E-state index >= 15 is 0 Å². The first-order chi connectivity index (χ1) is 13.5. The highest BCUT2D eigenvalue weighted by Gasteiger charge is 2.38. The molecule has 0 unspecified atom stereocenters. The first kappa shape index (κ1) is 19.1. The Balaban J connectivity index is 1.37. The van der Waals surface area contributed by atoms with Crippen LogP contribution in [0.25, 0.3) is 11.3 Å². The Hall–Kier alpha value is -2.25. The average Bonchev–Trinajstić information content (AvgIpc) is 3.36. The van der Waals surface area contributed by atoms with E-state index in [1.54, 1.807) is 0 Å². The van der Waals surface area contributed by atoms with Gasteiger partial charge in [-0.2, -0.15) is 0 Å². The van der Waals surface area contributed by atoms with E-state index in [-0.39, 0.29) is 24.5 Å². The number of aromatic nitrogens is 1. The molecular formula is C21H25N3O3S. The largest absolute Gasteiger partial charge is 0.480 e.